The average molecular weight is 176 g/mol. The molecule has 0 spiro atoms. The summed E-state index contributed by atoms with van der Waals surface area (Å²) in [6.07, 6.45) is 1.14. The Kier molecular flexibility index (Phi) is 1.70. The minimum atomic E-state index is -4.06. The van der Waals surface area contributed by atoms with E-state index in [1.54, 1.807) is 0 Å². The molecule has 0 aromatic heterocycles. The maximum absolute atomic E-state index is 12.2. The van der Waals surface area contributed by atoms with E-state index in [0.717, 1.165) is 25.7 Å². The van der Waals surface area contributed by atoms with Gasteiger partial charge in [0.2, 0.25) is 0 Å². The molecule has 2 atom stereocenters. The number of alkyl halides is 3. The van der Waals surface area contributed by atoms with E-state index in [4.69, 9.17) is 0 Å². The van der Waals surface area contributed by atoms with Gasteiger partial charge in [-0.3, -0.25) is 0 Å². The predicted molar refractivity (Wildman–Crippen MR) is 39.6 cm³/mol. The van der Waals surface area contributed by atoms with Crippen molar-refractivity contribution in [3.63, 3.8) is 0 Å². The normalized spacial score (nSPS) is 35.1. The van der Waals surface area contributed by atoms with Crippen LogP contribution in [0.5, 0.6) is 0 Å². The van der Waals surface area contributed by atoms with Gasteiger partial charge in [0.1, 0.15) is 0 Å². The maximum Gasteiger partial charge on any atom is 0.412 e. The van der Waals surface area contributed by atoms with Crippen LogP contribution in [-0.4, -0.2) is 6.18 Å². The van der Waals surface area contributed by atoms with Crippen LogP contribution in [0, 0.1) is 11.8 Å². The van der Waals surface area contributed by atoms with Crippen molar-refractivity contribution in [2.45, 2.75) is 31.9 Å². The van der Waals surface area contributed by atoms with Crippen LogP contribution in [0.4, 0.5) is 13.2 Å². The van der Waals surface area contributed by atoms with Gasteiger partial charge in [-0.05, 0) is 24.7 Å². The number of hydrogen-bond acceptors (Lipinski definition) is 0. The highest BCUT2D eigenvalue weighted by Gasteiger charge is 2.47. The third-order valence-electron chi connectivity index (χ3n) is 2.94. The fraction of sp³-hybridized carbons (Fsp3) is 0.778. The molecule has 0 unspecified atom stereocenters. The molecule has 12 heavy (non-hydrogen) atoms. The van der Waals surface area contributed by atoms with Crippen molar-refractivity contribution in [1.29, 1.82) is 0 Å². The summed E-state index contributed by atoms with van der Waals surface area (Å²) in [4.78, 5) is 0. The van der Waals surface area contributed by atoms with Crippen LogP contribution >= 0.6 is 0 Å². The Bertz CT molecular complexity index is 214. The minimum absolute atomic E-state index is 0.154. The molecule has 0 aromatic carbocycles. The van der Waals surface area contributed by atoms with Crippen LogP contribution in [0.15, 0.2) is 11.6 Å². The first-order valence-electron chi connectivity index (χ1n) is 4.38. The van der Waals surface area contributed by atoms with E-state index < -0.39 is 6.18 Å². The zero-order valence-corrected chi connectivity index (χ0v) is 6.69. The maximum atomic E-state index is 12.2. The molecule has 0 aromatic rings. The highest BCUT2D eigenvalue weighted by Crippen LogP contribution is 2.50. The van der Waals surface area contributed by atoms with E-state index >= 15 is 0 Å². The molecule has 0 bridgehead atoms. The summed E-state index contributed by atoms with van der Waals surface area (Å²) in [5.74, 6) is 0.0918. The highest BCUT2D eigenvalue weighted by molar-refractivity contribution is 5.27. The van der Waals surface area contributed by atoms with Crippen molar-refractivity contribution in [3.8, 4) is 0 Å². The average Bonchev–Trinajstić information content (AvgIpc) is 1.88. The van der Waals surface area contributed by atoms with E-state index in [0.29, 0.717) is 0 Å². The Hall–Kier alpha value is -0.470. The minimum Gasteiger partial charge on any atom is -0.166 e. The first-order valence-corrected chi connectivity index (χ1v) is 4.38. The third-order valence-corrected chi connectivity index (χ3v) is 2.94. The quantitative estimate of drug-likeness (QED) is 0.497. The van der Waals surface area contributed by atoms with Gasteiger partial charge in [0, 0.05) is 5.57 Å². The van der Waals surface area contributed by atoms with Gasteiger partial charge in [0.25, 0.3) is 0 Å². The lowest BCUT2D eigenvalue weighted by Crippen LogP contribution is -2.35. The van der Waals surface area contributed by atoms with E-state index in [9.17, 15) is 13.2 Å². The fourth-order valence-electron chi connectivity index (χ4n) is 2.29. The topological polar surface area (TPSA) is 0 Å². The third kappa shape index (κ3) is 1.15. The first-order chi connectivity index (χ1) is 5.59. The second-order valence-electron chi connectivity index (χ2n) is 3.67. The van der Waals surface area contributed by atoms with E-state index in [-0.39, 0.29) is 17.4 Å². The van der Waals surface area contributed by atoms with Crippen molar-refractivity contribution in [3.05, 3.63) is 11.6 Å². The van der Waals surface area contributed by atoms with Gasteiger partial charge in [-0.1, -0.05) is 18.9 Å². The van der Waals surface area contributed by atoms with Gasteiger partial charge in [-0.25, -0.2) is 0 Å². The molecule has 0 N–H and O–H groups in total. The smallest absolute Gasteiger partial charge is 0.166 e. The molecule has 2 aliphatic carbocycles. The van der Waals surface area contributed by atoms with Crippen LogP contribution in [0.3, 0.4) is 0 Å². The SMILES string of the molecule is FC(F)(F)C1=C[C@H]2CCCC[C@@H]12. The Morgan fingerprint density at radius 3 is 2.42 bits per heavy atom. The van der Waals surface area contributed by atoms with Crippen molar-refractivity contribution in [2.24, 2.45) is 11.8 Å². The largest absolute Gasteiger partial charge is 0.412 e. The Morgan fingerprint density at radius 2 is 1.83 bits per heavy atom. The lowest BCUT2D eigenvalue weighted by atomic mass is 9.66. The number of rotatable bonds is 0. The Labute approximate surface area is 69.5 Å². The van der Waals surface area contributed by atoms with Gasteiger partial charge in [-0.15, -0.1) is 0 Å². The molecule has 0 saturated heterocycles. The Morgan fingerprint density at radius 1 is 1.17 bits per heavy atom. The number of halogens is 3. The summed E-state index contributed by atoms with van der Waals surface area (Å²) in [6, 6.07) is 0. The molecule has 1 saturated carbocycles. The van der Waals surface area contributed by atoms with Crippen LogP contribution in [-0.2, 0) is 0 Å². The highest BCUT2D eigenvalue weighted by atomic mass is 19.4. The second kappa shape index (κ2) is 2.51. The molecule has 2 rings (SSSR count). The molecular formula is C9H11F3. The molecule has 3 heteroatoms. The number of hydrogen-bond donors (Lipinski definition) is 0. The molecule has 1 fully saturated rings. The molecule has 0 aliphatic heterocycles. The lowest BCUT2D eigenvalue weighted by molar-refractivity contribution is -0.109. The molecule has 0 heterocycles. The summed E-state index contributed by atoms with van der Waals surface area (Å²) in [7, 11) is 0. The summed E-state index contributed by atoms with van der Waals surface area (Å²) >= 11 is 0. The fourth-order valence-corrected chi connectivity index (χ4v) is 2.29. The lowest BCUT2D eigenvalue weighted by Gasteiger charge is -2.40. The molecule has 68 valence electrons. The summed E-state index contributed by atoms with van der Waals surface area (Å²) in [6.45, 7) is 0. The molecule has 2 aliphatic rings. The molecule has 0 amide bonds. The van der Waals surface area contributed by atoms with E-state index in [1.807, 2.05) is 0 Å². The summed E-state index contributed by atoms with van der Waals surface area (Å²) < 4.78 is 36.6. The van der Waals surface area contributed by atoms with E-state index in [1.165, 1.54) is 6.08 Å². The summed E-state index contributed by atoms with van der Waals surface area (Å²) in [5, 5.41) is 0. The zero-order chi connectivity index (χ0) is 8.77. The van der Waals surface area contributed by atoms with Crippen LogP contribution in [0.25, 0.3) is 0 Å². The van der Waals surface area contributed by atoms with Crippen LogP contribution in [0.1, 0.15) is 25.7 Å². The van der Waals surface area contributed by atoms with Crippen molar-refractivity contribution in [1.82, 2.24) is 0 Å². The Balaban J connectivity index is 2.11. The van der Waals surface area contributed by atoms with Crippen LogP contribution in [0.2, 0.25) is 0 Å². The standard InChI is InChI=1S/C9H11F3/c10-9(11,12)8-5-6-3-1-2-4-7(6)8/h5-7H,1-4H2/t6-,7-/m1/s1. The van der Waals surface area contributed by atoms with Gasteiger partial charge >= 0.3 is 6.18 Å². The predicted octanol–water partition coefficient (Wildman–Crippen LogP) is 3.30. The first kappa shape index (κ1) is 8.14. The molecular weight excluding hydrogens is 165 g/mol. The van der Waals surface area contributed by atoms with Gasteiger partial charge in [0.05, 0.1) is 0 Å². The van der Waals surface area contributed by atoms with Gasteiger partial charge in [0.15, 0.2) is 0 Å². The van der Waals surface area contributed by atoms with Crippen molar-refractivity contribution >= 4 is 0 Å². The monoisotopic (exact) mass is 176 g/mol. The van der Waals surface area contributed by atoms with Crippen molar-refractivity contribution < 1.29 is 13.2 Å². The van der Waals surface area contributed by atoms with Crippen molar-refractivity contribution in [2.75, 3.05) is 0 Å². The van der Waals surface area contributed by atoms with Gasteiger partial charge < -0.3 is 0 Å². The van der Waals surface area contributed by atoms with Gasteiger partial charge in [-0.2, -0.15) is 13.2 Å². The summed E-state index contributed by atoms with van der Waals surface area (Å²) in [5.41, 5.74) is -0.257. The number of fused-ring (bicyclic) bond motifs is 1. The van der Waals surface area contributed by atoms with Crippen LogP contribution < -0.4 is 0 Å². The van der Waals surface area contributed by atoms with E-state index in [2.05, 4.69) is 0 Å². The number of allylic oxidation sites excluding steroid dienone is 2. The zero-order valence-electron chi connectivity index (χ0n) is 6.69. The molecule has 0 radical (unpaired) electrons. The molecule has 0 nitrogen and oxygen atoms in total. The second-order valence-corrected chi connectivity index (χ2v) is 3.67.